The van der Waals surface area contributed by atoms with Gasteiger partial charge in [-0.1, -0.05) is 25.6 Å². The van der Waals surface area contributed by atoms with Crippen LogP contribution >= 0.6 is 23.1 Å². The van der Waals surface area contributed by atoms with Gasteiger partial charge >= 0.3 is 0 Å². The van der Waals surface area contributed by atoms with Crippen molar-refractivity contribution in [1.29, 1.82) is 0 Å². The van der Waals surface area contributed by atoms with Crippen LogP contribution < -0.4 is 10.9 Å². The maximum Gasteiger partial charge on any atom is 0.267 e. The van der Waals surface area contributed by atoms with Crippen LogP contribution in [0.4, 0.5) is 4.39 Å². The lowest BCUT2D eigenvalue weighted by Gasteiger charge is -2.13. The van der Waals surface area contributed by atoms with Gasteiger partial charge in [0, 0.05) is 11.4 Å². The molecule has 3 aromatic rings. The number of thioether (sulfide) groups is 1. The first kappa shape index (κ1) is 20.5. The first-order valence-electron chi connectivity index (χ1n) is 8.96. The molecule has 3 rings (SSSR count). The number of benzene rings is 1. The van der Waals surface area contributed by atoms with Gasteiger partial charge in [-0.3, -0.25) is 14.2 Å². The summed E-state index contributed by atoms with van der Waals surface area (Å²) in [6.07, 6.45) is 0. The highest BCUT2D eigenvalue weighted by atomic mass is 32.2. The molecule has 2 heterocycles. The molecule has 1 amide bonds. The van der Waals surface area contributed by atoms with Crippen molar-refractivity contribution in [3.05, 3.63) is 50.9 Å². The Morgan fingerprint density at radius 1 is 1.29 bits per heavy atom. The van der Waals surface area contributed by atoms with Crippen molar-refractivity contribution in [3.8, 4) is 5.69 Å². The molecule has 8 heteroatoms. The van der Waals surface area contributed by atoms with Gasteiger partial charge in [-0.05, 0) is 49.6 Å². The van der Waals surface area contributed by atoms with Crippen molar-refractivity contribution >= 4 is 39.2 Å². The summed E-state index contributed by atoms with van der Waals surface area (Å²) < 4.78 is 14.8. The molecule has 0 radical (unpaired) electrons. The predicted molar refractivity (Wildman–Crippen MR) is 113 cm³/mol. The number of aromatic nitrogens is 2. The van der Waals surface area contributed by atoms with Gasteiger partial charge in [0.05, 0.1) is 16.8 Å². The van der Waals surface area contributed by atoms with E-state index < -0.39 is 0 Å². The normalized spacial score (nSPS) is 11.4. The molecular formula is C20H22FN3O2S2. The molecule has 5 nitrogen and oxygen atoms in total. The number of carbonyl (C=O) groups is 1. The fraction of sp³-hybridized carbons (Fsp3) is 0.350. The maximum absolute atomic E-state index is 13.4. The van der Waals surface area contributed by atoms with Crippen LogP contribution in [0.25, 0.3) is 15.9 Å². The molecule has 0 aliphatic carbocycles. The largest absolute Gasteiger partial charge is 0.355 e. The lowest BCUT2D eigenvalue weighted by molar-refractivity contribution is -0.118. The van der Waals surface area contributed by atoms with E-state index in [4.69, 9.17) is 0 Å². The number of rotatable bonds is 6. The first-order valence-corrected chi connectivity index (χ1v) is 10.8. The summed E-state index contributed by atoms with van der Waals surface area (Å²) in [5, 5.41) is 3.85. The number of hydrogen-bond acceptors (Lipinski definition) is 5. The number of amides is 1. The van der Waals surface area contributed by atoms with Crippen LogP contribution in [-0.4, -0.2) is 27.8 Å². The molecule has 0 saturated heterocycles. The summed E-state index contributed by atoms with van der Waals surface area (Å²) >= 11 is 2.67. The van der Waals surface area contributed by atoms with E-state index in [2.05, 4.69) is 10.3 Å². The molecule has 0 bridgehead atoms. The summed E-state index contributed by atoms with van der Waals surface area (Å²) in [4.78, 5) is 31.7. The Balaban J connectivity index is 2.04. The minimum absolute atomic E-state index is 0.114. The first-order chi connectivity index (χ1) is 13.3. The lowest BCUT2D eigenvalue weighted by Crippen LogP contribution is -2.29. The smallest absolute Gasteiger partial charge is 0.267 e. The molecule has 0 fully saturated rings. The van der Waals surface area contributed by atoms with E-state index in [1.165, 1.54) is 39.8 Å². The third-order valence-electron chi connectivity index (χ3n) is 4.30. The average molecular weight is 420 g/mol. The molecule has 2 aromatic heterocycles. The monoisotopic (exact) mass is 419 g/mol. The van der Waals surface area contributed by atoms with Gasteiger partial charge in [0.25, 0.3) is 5.56 Å². The highest BCUT2D eigenvalue weighted by molar-refractivity contribution is 7.99. The third-order valence-corrected chi connectivity index (χ3v) is 6.34. The third kappa shape index (κ3) is 4.28. The highest BCUT2D eigenvalue weighted by Gasteiger charge is 2.19. The summed E-state index contributed by atoms with van der Waals surface area (Å²) in [7, 11) is 0. The Kier molecular flexibility index (Phi) is 6.20. The minimum atomic E-state index is -0.379. The molecule has 0 aliphatic rings. The molecule has 0 aliphatic heterocycles. The Morgan fingerprint density at radius 2 is 1.96 bits per heavy atom. The molecule has 1 N–H and O–H groups in total. The molecule has 0 atom stereocenters. The summed E-state index contributed by atoms with van der Waals surface area (Å²) in [5.74, 6) is 0.0145. The molecule has 148 valence electrons. The molecule has 0 unspecified atom stereocenters. The number of nitrogens with one attached hydrogen (secondary N) is 1. The zero-order valence-electron chi connectivity index (χ0n) is 16.2. The standard InChI is InChI=1S/C20H22FN3O2S2/c1-11(2)9-22-16(25)10-27-20-23-18-17(12(3)13(4)28-18)19(26)24(20)15-7-5-14(21)6-8-15/h5-8,11H,9-10H2,1-4H3,(H,22,25). The van der Waals surface area contributed by atoms with E-state index in [9.17, 15) is 14.0 Å². The van der Waals surface area contributed by atoms with E-state index >= 15 is 0 Å². The second-order valence-corrected chi connectivity index (χ2v) is 9.11. The van der Waals surface area contributed by atoms with Crippen molar-refractivity contribution in [2.24, 2.45) is 5.92 Å². The Bertz CT molecular complexity index is 1070. The maximum atomic E-state index is 13.4. The van der Waals surface area contributed by atoms with Crippen LogP contribution in [0.15, 0.2) is 34.2 Å². The van der Waals surface area contributed by atoms with Gasteiger partial charge in [-0.15, -0.1) is 11.3 Å². The SMILES string of the molecule is Cc1sc2nc(SCC(=O)NCC(C)C)n(-c3ccc(F)cc3)c(=O)c2c1C. The van der Waals surface area contributed by atoms with E-state index in [0.29, 0.717) is 33.5 Å². The number of hydrogen-bond donors (Lipinski definition) is 1. The fourth-order valence-corrected chi connectivity index (χ4v) is 4.60. The predicted octanol–water partition coefficient (Wildman–Crippen LogP) is 4.07. The fourth-order valence-electron chi connectivity index (χ4n) is 2.69. The van der Waals surface area contributed by atoms with Gasteiger partial charge in [-0.25, -0.2) is 9.37 Å². The summed E-state index contributed by atoms with van der Waals surface area (Å²) in [6, 6.07) is 5.70. The quantitative estimate of drug-likeness (QED) is 0.483. The van der Waals surface area contributed by atoms with E-state index in [-0.39, 0.29) is 23.0 Å². The second kappa shape index (κ2) is 8.45. The second-order valence-electron chi connectivity index (χ2n) is 6.96. The topological polar surface area (TPSA) is 64.0 Å². The van der Waals surface area contributed by atoms with Crippen molar-refractivity contribution in [2.75, 3.05) is 12.3 Å². The van der Waals surface area contributed by atoms with Gasteiger partial charge in [0.2, 0.25) is 5.91 Å². The molecule has 0 saturated carbocycles. The van der Waals surface area contributed by atoms with Crippen LogP contribution in [0.2, 0.25) is 0 Å². The summed E-state index contributed by atoms with van der Waals surface area (Å²) in [5.41, 5.74) is 1.22. The Labute approximate surface area is 171 Å². The highest BCUT2D eigenvalue weighted by Crippen LogP contribution is 2.29. The number of halogens is 1. The van der Waals surface area contributed by atoms with Gasteiger partial charge < -0.3 is 5.32 Å². The molecule has 1 aromatic carbocycles. The number of thiophene rings is 1. The lowest BCUT2D eigenvalue weighted by atomic mass is 10.2. The van der Waals surface area contributed by atoms with Crippen molar-refractivity contribution in [1.82, 2.24) is 14.9 Å². The Morgan fingerprint density at radius 3 is 2.61 bits per heavy atom. The van der Waals surface area contributed by atoms with Crippen LogP contribution in [-0.2, 0) is 4.79 Å². The minimum Gasteiger partial charge on any atom is -0.355 e. The number of aryl methyl sites for hydroxylation is 2. The van der Waals surface area contributed by atoms with E-state index in [1.807, 2.05) is 27.7 Å². The Hall–Kier alpha value is -2.19. The summed E-state index contributed by atoms with van der Waals surface area (Å²) in [6.45, 7) is 8.50. The van der Waals surface area contributed by atoms with Gasteiger partial charge in [0.1, 0.15) is 10.6 Å². The van der Waals surface area contributed by atoms with E-state index in [0.717, 1.165) is 10.4 Å². The number of carbonyl (C=O) groups excluding carboxylic acids is 1. The van der Waals surface area contributed by atoms with E-state index in [1.54, 1.807) is 12.1 Å². The van der Waals surface area contributed by atoms with Crippen molar-refractivity contribution in [2.45, 2.75) is 32.9 Å². The zero-order chi connectivity index (χ0) is 20.4. The van der Waals surface area contributed by atoms with Crippen LogP contribution in [0.1, 0.15) is 24.3 Å². The van der Waals surface area contributed by atoms with Crippen LogP contribution in [0.5, 0.6) is 0 Å². The average Bonchev–Trinajstić information content (AvgIpc) is 2.93. The van der Waals surface area contributed by atoms with Crippen LogP contribution in [0.3, 0.4) is 0 Å². The zero-order valence-corrected chi connectivity index (χ0v) is 17.8. The van der Waals surface area contributed by atoms with Crippen LogP contribution in [0, 0.1) is 25.6 Å². The molecular weight excluding hydrogens is 397 g/mol. The molecule has 0 spiro atoms. The van der Waals surface area contributed by atoms with Gasteiger partial charge in [0.15, 0.2) is 5.16 Å². The van der Waals surface area contributed by atoms with Crippen molar-refractivity contribution in [3.63, 3.8) is 0 Å². The van der Waals surface area contributed by atoms with Gasteiger partial charge in [-0.2, -0.15) is 0 Å². The van der Waals surface area contributed by atoms with Crippen molar-refractivity contribution < 1.29 is 9.18 Å². The number of nitrogens with zero attached hydrogens (tertiary/aromatic N) is 2. The molecule has 28 heavy (non-hydrogen) atoms. The number of fused-ring (bicyclic) bond motifs is 1.